The number of sulfonamides is 1. The lowest BCUT2D eigenvalue weighted by atomic mass is 10.1. The van der Waals surface area contributed by atoms with Gasteiger partial charge in [-0.15, -0.1) is 0 Å². The van der Waals surface area contributed by atoms with E-state index in [4.69, 9.17) is 14.6 Å². The van der Waals surface area contributed by atoms with Gasteiger partial charge in [-0.3, -0.25) is 4.72 Å². The summed E-state index contributed by atoms with van der Waals surface area (Å²) in [6.07, 6.45) is 0. The predicted octanol–water partition coefficient (Wildman–Crippen LogP) is 2.22. The summed E-state index contributed by atoms with van der Waals surface area (Å²) in [5.41, 5.74) is 0.820. The van der Waals surface area contributed by atoms with Crippen LogP contribution in [0, 0.1) is 6.92 Å². The molecule has 23 heavy (non-hydrogen) atoms. The van der Waals surface area contributed by atoms with Crippen molar-refractivity contribution in [2.24, 2.45) is 0 Å². The zero-order valence-corrected chi connectivity index (χ0v) is 12.9. The first-order chi connectivity index (χ1) is 10.9. The van der Waals surface area contributed by atoms with Crippen LogP contribution in [-0.2, 0) is 10.0 Å². The summed E-state index contributed by atoms with van der Waals surface area (Å²) in [6.45, 7) is 1.73. The molecule has 1 aliphatic rings. The molecule has 0 aliphatic carbocycles. The molecule has 3 rings (SSSR count). The van der Waals surface area contributed by atoms with Gasteiger partial charge in [0.1, 0.15) is 0 Å². The molecule has 2 aromatic rings. The number of nitrogens with one attached hydrogen (secondary N) is 1. The van der Waals surface area contributed by atoms with Gasteiger partial charge in [0, 0.05) is 6.07 Å². The molecular weight excluding hydrogens is 322 g/mol. The van der Waals surface area contributed by atoms with E-state index in [1.807, 2.05) is 0 Å². The Hall–Kier alpha value is -2.74. The lowest BCUT2D eigenvalue weighted by Gasteiger charge is -2.11. The molecule has 2 aromatic carbocycles. The maximum atomic E-state index is 12.5. The SMILES string of the molecule is Cc1ccc(C(=O)O)cc1NS(=O)(=O)c1ccc2c(c1)OCO2. The molecule has 0 aromatic heterocycles. The zero-order chi connectivity index (χ0) is 16.6. The number of rotatable bonds is 4. The molecule has 1 heterocycles. The highest BCUT2D eigenvalue weighted by Crippen LogP contribution is 2.34. The smallest absolute Gasteiger partial charge is 0.335 e. The highest BCUT2D eigenvalue weighted by Gasteiger charge is 2.21. The van der Waals surface area contributed by atoms with Crippen LogP contribution in [-0.4, -0.2) is 26.3 Å². The minimum atomic E-state index is -3.88. The number of benzene rings is 2. The number of carboxylic acid groups (broad SMARTS) is 1. The van der Waals surface area contributed by atoms with Gasteiger partial charge in [0.25, 0.3) is 10.0 Å². The van der Waals surface area contributed by atoms with E-state index in [2.05, 4.69) is 4.72 Å². The Kier molecular flexibility index (Phi) is 3.61. The van der Waals surface area contributed by atoms with Gasteiger partial charge in [0.2, 0.25) is 6.79 Å². The van der Waals surface area contributed by atoms with Gasteiger partial charge >= 0.3 is 5.97 Å². The Morgan fingerprint density at radius 2 is 1.87 bits per heavy atom. The zero-order valence-electron chi connectivity index (χ0n) is 12.1. The van der Waals surface area contributed by atoms with Gasteiger partial charge < -0.3 is 14.6 Å². The van der Waals surface area contributed by atoms with E-state index in [1.165, 1.54) is 30.3 Å². The second-order valence-electron chi connectivity index (χ2n) is 4.96. The molecule has 7 nitrogen and oxygen atoms in total. The van der Waals surface area contributed by atoms with Crippen LogP contribution in [0.15, 0.2) is 41.3 Å². The number of aryl methyl sites for hydroxylation is 1. The molecule has 0 amide bonds. The van der Waals surface area contributed by atoms with Gasteiger partial charge in [0.05, 0.1) is 16.1 Å². The molecule has 120 valence electrons. The van der Waals surface area contributed by atoms with E-state index in [0.717, 1.165) is 0 Å². The standard InChI is InChI=1S/C15H13NO6S/c1-9-2-3-10(15(17)18)6-12(9)16-23(19,20)11-4-5-13-14(7-11)22-8-21-13/h2-7,16H,8H2,1H3,(H,17,18). The number of carbonyl (C=O) groups is 1. The fourth-order valence-electron chi connectivity index (χ4n) is 2.11. The molecule has 0 spiro atoms. The number of carboxylic acids is 1. The average molecular weight is 335 g/mol. The van der Waals surface area contributed by atoms with Crippen LogP contribution in [0.1, 0.15) is 15.9 Å². The van der Waals surface area contributed by atoms with Crippen LogP contribution in [0.4, 0.5) is 5.69 Å². The van der Waals surface area contributed by atoms with Crippen molar-refractivity contribution < 1.29 is 27.8 Å². The molecule has 0 fully saturated rings. The molecule has 2 N–H and O–H groups in total. The second-order valence-corrected chi connectivity index (χ2v) is 6.64. The van der Waals surface area contributed by atoms with Crippen LogP contribution in [0.5, 0.6) is 11.5 Å². The number of anilines is 1. The van der Waals surface area contributed by atoms with Crippen LogP contribution in [0.2, 0.25) is 0 Å². The molecular formula is C15H13NO6S. The van der Waals surface area contributed by atoms with Crippen molar-refractivity contribution in [3.8, 4) is 11.5 Å². The van der Waals surface area contributed by atoms with Crippen LogP contribution < -0.4 is 14.2 Å². The quantitative estimate of drug-likeness (QED) is 0.888. The third-order valence-corrected chi connectivity index (χ3v) is 4.75. The average Bonchev–Trinajstić information content (AvgIpc) is 2.96. The molecule has 0 atom stereocenters. The topological polar surface area (TPSA) is 102 Å². The first-order valence-electron chi connectivity index (χ1n) is 6.63. The van der Waals surface area contributed by atoms with E-state index in [9.17, 15) is 13.2 Å². The molecule has 1 aliphatic heterocycles. The number of fused-ring (bicyclic) bond motifs is 1. The monoisotopic (exact) mass is 335 g/mol. The molecule has 0 radical (unpaired) electrons. The number of hydrogen-bond donors (Lipinski definition) is 2. The molecule has 0 saturated carbocycles. The summed E-state index contributed by atoms with van der Waals surface area (Å²) in [5, 5.41) is 9.01. The number of ether oxygens (including phenoxy) is 2. The highest BCUT2D eigenvalue weighted by molar-refractivity contribution is 7.92. The third kappa shape index (κ3) is 2.93. The minimum absolute atomic E-state index is 0.000938. The fraction of sp³-hybridized carbons (Fsp3) is 0.133. The Bertz CT molecular complexity index is 891. The van der Waals surface area contributed by atoms with Gasteiger partial charge in [-0.05, 0) is 36.8 Å². The van der Waals surface area contributed by atoms with E-state index >= 15 is 0 Å². The predicted molar refractivity (Wildman–Crippen MR) is 81.5 cm³/mol. The summed E-state index contributed by atoms with van der Waals surface area (Å²) in [5.74, 6) is -0.301. The number of aromatic carboxylic acids is 1. The highest BCUT2D eigenvalue weighted by atomic mass is 32.2. The largest absolute Gasteiger partial charge is 0.478 e. The Balaban J connectivity index is 1.95. The van der Waals surface area contributed by atoms with Gasteiger partial charge in [-0.2, -0.15) is 0 Å². The first-order valence-corrected chi connectivity index (χ1v) is 8.11. The van der Waals surface area contributed by atoms with E-state index in [-0.39, 0.29) is 22.9 Å². The van der Waals surface area contributed by atoms with Crippen molar-refractivity contribution in [3.63, 3.8) is 0 Å². The van der Waals surface area contributed by atoms with Crippen LogP contribution >= 0.6 is 0 Å². The van der Waals surface area contributed by atoms with E-state index < -0.39 is 16.0 Å². The second kappa shape index (κ2) is 5.47. The maximum absolute atomic E-state index is 12.5. The molecule has 0 bridgehead atoms. The van der Waals surface area contributed by atoms with Crippen LogP contribution in [0.3, 0.4) is 0 Å². The van der Waals surface area contributed by atoms with Crippen molar-refractivity contribution in [2.75, 3.05) is 11.5 Å². The van der Waals surface area contributed by atoms with Gasteiger partial charge in [-0.1, -0.05) is 6.07 Å². The van der Waals surface area contributed by atoms with Crippen molar-refractivity contribution in [3.05, 3.63) is 47.5 Å². The molecule has 8 heteroatoms. The Morgan fingerprint density at radius 1 is 1.13 bits per heavy atom. The van der Waals surface area contributed by atoms with Crippen molar-refractivity contribution in [2.45, 2.75) is 11.8 Å². The van der Waals surface area contributed by atoms with E-state index in [1.54, 1.807) is 13.0 Å². The summed E-state index contributed by atoms with van der Waals surface area (Å²) in [6, 6.07) is 8.50. The lowest BCUT2D eigenvalue weighted by molar-refractivity contribution is 0.0697. The van der Waals surface area contributed by atoms with E-state index in [0.29, 0.717) is 17.1 Å². The maximum Gasteiger partial charge on any atom is 0.335 e. The normalized spacial score (nSPS) is 12.9. The van der Waals surface area contributed by atoms with Crippen LogP contribution in [0.25, 0.3) is 0 Å². The summed E-state index contributed by atoms with van der Waals surface area (Å²) < 4.78 is 37.7. The summed E-state index contributed by atoms with van der Waals surface area (Å²) in [4.78, 5) is 11.0. The van der Waals surface area contributed by atoms with Gasteiger partial charge in [-0.25, -0.2) is 13.2 Å². The molecule has 0 unspecified atom stereocenters. The Labute approximate surface area is 132 Å². The van der Waals surface area contributed by atoms with Crippen molar-refractivity contribution in [1.29, 1.82) is 0 Å². The molecule has 0 saturated heterocycles. The summed E-state index contributed by atoms with van der Waals surface area (Å²) in [7, 11) is -3.88. The Morgan fingerprint density at radius 3 is 2.61 bits per heavy atom. The number of hydrogen-bond acceptors (Lipinski definition) is 5. The van der Waals surface area contributed by atoms with Crippen molar-refractivity contribution >= 4 is 21.7 Å². The third-order valence-electron chi connectivity index (χ3n) is 3.38. The fourth-order valence-corrected chi connectivity index (χ4v) is 3.25. The van der Waals surface area contributed by atoms with Gasteiger partial charge in [0.15, 0.2) is 11.5 Å². The summed E-state index contributed by atoms with van der Waals surface area (Å²) >= 11 is 0. The minimum Gasteiger partial charge on any atom is -0.478 e. The van der Waals surface area contributed by atoms with Crippen molar-refractivity contribution in [1.82, 2.24) is 0 Å². The lowest BCUT2D eigenvalue weighted by Crippen LogP contribution is -2.14. The first kappa shape index (κ1) is 15.2.